The zero-order valence-corrected chi connectivity index (χ0v) is 24.4. The lowest BCUT2D eigenvalue weighted by atomic mass is 9.52. The standard InChI is InChI=1S/C34H35NO3S2/c1-34-18-17-22(19-29(34)27-14-8-13-26(27)28(20-34)24-11-6-3-7-12-24)15-16-25(23-9-4-2-5-10-23)31-32(38)35(21-30(36)37)33(39)40-31/h2-7,9-11,15-19,24,26-29H,8,12-14,20-21H2,1H3,(H,36,37)/b16-15+,31-25-. The molecule has 206 valence electrons. The molecule has 6 heteroatoms. The molecule has 1 saturated heterocycles. The van der Waals surface area contributed by atoms with E-state index in [1.165, 1.54) is 54.3 Å². The number of nitrogens with zero attached hydrogens (tertiary/aromatic N) is 1. The third-order valence-electron chi connectivity index (χ3n) is 9.58. The molecule has 1 heterocycles. The predicted molar refractivity (Wildman–Crippen MR) is 166 cm³/mol. The molecule has 0 aromatic heterocycles. The van der Waals surface area contributed by atoms with Crippen LogP contribution in [0.2, 0.25) is 0 Å². The number of carboxylic acid groups (broad SMARTS) is 1. The number of benzene rings is 1. The summed E-state index contributed by atoms with van der Waals surface area (Å²) in [6, 6.07) is 9.79. The van der Waals surface area contributed by atoms with Crippen molar-refractivity contribution in [2.24, 2.45) is 35.0 Å². The fourth-order valence-corrected chi connectivity index (χ4v) is 9.08. The van der Waals surface area contributed by atoms with Crippen LogP contribution >= 0.6 is 24.0 Å². The van der Waals surface area contributed by atoms with E-state index in [2.05, 4.69) is 55.5 Å². The minimum Gasteiger partial charge on any atom is -0.480 e. The van der Waals surface area contributed by atoms with Crippen molar-refractivity contribution in [1.82, 2.24) is 4.90 Å². The summed E-state index contributed by atoms with van der Waals surface area (Å²) in [5, 5.41) is 9.28. The number of hydrogen-bond acceptors (Lipinski definition) is 4. The number of hydrogen-bond donors (Lipinski definition) is 1. The molecule has 2 saturated carbocycles. The minimum atomic E-state index is -1.08. The Labute approximate surface area is 246 Å². The molecule has 4 nitrogen and oxygen atoms in total. The molecule has 40 heavy (non-hydrogen) atoms. The molecular weight excluding hydrogens is 535 g/mol. The Kier molecular flexibility index (Phi) is 7.58. The molecule has 1 aromatic rings. The van der Waals surface area contributed by atoms with Crippen LogP contribution in [0.1, 0.15) is 44.6 Å². The zero-order valence-electron chi connectivity index (χ0n) is 22.7. The average Bonchev–Trinajstić information content (AvgIpc) is 3.55. The molecule has 3 fully saturated rings. The van der Waals surface area contributed by atoms with E-state index < -0.39 is 12.5 Å². The van der Waals surface area contributed by atoms with Gasteiger partial charge in [0.15, 0.2) is 0 Å². The van der Waals surface area contributed by atoms with Gasteiger partial charge in [0.1, 0.15) is 10.9 Å². The number of thiocarbonyl (C=S) groups is 1. The molecular formula is C34H35NO3S2. The van der Waals surface area contributed by atoms with E-state index in [4.69, 9.17) is 12.2 Å². The van der Waals surface area contributed by atoms with Gasteiger partial charge in [-0.15, -0.1) is 0 Å². The molecule has 1 amide bonds. The van der Waals surface area contributed by atoms with Crippen LogP contribution in [0, 0.1) is 35.0 Å². The summed E-state index contributed by atoms with van der Waals surface area (Å²) in [6.45, 7) is 2.03. The number of carbonyl (C=O) groups is 2. The van der Waals surface area contributed by atoms with E-state index in [1.807, 2.05) is 36.4 Å². The Balaban J connectivity index is 1.31. The van der Waals surface area contributed by atoms with Crippen LogP contribution in [0.5, 0.6) is 0 Å². The van der Waals surface area contributed by atoms with Gasteiger partial charge in [-0.3, -0.25) is 14.5 Å². The Morgan fingerprint density at radius 1 is 1.18 bits per heavy atom. The largest absolute Gasteiger partial charge is 0.480 e. The maximum atomic E-state index is 13.3. The molecule has 6 rings (SSSR count). The van der Waals surface area contributed by atoms with Crippen LogP contribution in [-0.4, -0.2) is 32.7 Å². The molecule has 4 aliphatic carbocycles. The number of fused-ring (bicyclic) bond motifs is 3. The third kappa shape index (κ3) is 5.12. The number of allylic oxidation sites excluding steroid dienone is 11. The van der Waals surface area contributed by atoms with Gasteiger partial charge in [-0.2, -0.15) is 0 Å². The molecule has 5 aliphatic rings. The summed E-state index contributed by atoms with van der Waals surface area (Å²) in [4.78, 5) is 26.3. The highest BCUT2D eigenvalue weighted by molar-refractivity contribution is 8.26. The average molecular weight is 570 g/mol. The van der Waals surface area contributed by atoms with Gasteiger partial charge >= 0.3 is 5.97 Å². The highest BCUT2D eigenvalue weighted by Crippen LogP contribution is 2.60. The Morgan fingerprint density at radius 3 is 2.73 bits per heavy atom. The first-order valence-corrected chi connectivity index (χ1v) is 15.5. The van der Waals surface area contributed by atoms with Gasteiger partial charge in [0, 0.05) is 5.57 Å². The smallest absolute Gasteiger partial charge is 0.323 e. The van der Waals surface area contributed by atoms with Crippen molar-refractivity contribution >= 4 is 45.7 Å². The molecule has 6 unspecified atom stereocenters. The van der Waals surface area contributed by atoms with Crippen LogP contribution in [-0.2, 0) is 9.59 Å². The van der Waals surface area contributed by atoms with Gasteiger partial charge in [-0.05, 0) is 71.8 Å². The molecule has 1 N–H and O–H groups in total. The van der Waals surface area contributed by atoms with Crippen molar-refractivity contribution in [3.63, 3.8) is 0 Å². The summed E-state index contributed by atoms with van der Waals surface area (Å²) in [5.74, 6) is 1.96. The summed E-state index contributed by atoms with van der Waals surface area (Å²) in [7, 11) is 0. The maximum Gasteiger partial charge on any atom is 0.323 e. The van der Waals surface area contributed by atoms with Crippen molar-refractivity contribution in [1.29, 1.82) is 0 Å². The SMILES string of the molecule is CC12C=CC(/C=C/C(=C3/SC(=S)N(CC(=O)O)C3=O)c3ccccc3)=CC1C1CCCC1C(C1C=CC=CC1)C2. The molecule has 6 atom stereocenters. The van der Waals surface area contributed by atoms with Crippen molar-refractivity contribution in [3.8, 4) is 0 Å². The lowest BCUT2D eigenvalue weighted by molar-refractivity contribution is -0.140. The molecule has 1 aromatic carbocycles. The molecule has 0 radical (unpaired) electrons. The number of thioether (sulfide) groups is 1. The van der Waals surface area contributed by atoms with Crippen LogP contribution in [0.15, 0.2) is 95.5 Å². The summed E-state index contributed by atoms with van der Waals surface area (Å²) >= 11 is 6.57. The second-order valence-corrected chi connectivity index (χ2v) is 13.6. The number of aliphatic carboxylic acids is 1. The van der Waals surface area contributed by atoms with Crippen molar-refractivity contribution < 1.29 is 14.7 Å². The zero-order chi connectivity index (χ0) is 27.9. The van der Waals surface area contributed by atoms with Crippen molar-refractivity contribution in [2.45, 2.75) is 39.0 Å². The van der Waals surface area contributed by atoms with E-state index in [1.54, 1.807) is 0 Å². The number of amides is 1. The van der Waals surface area contributed by atoms with E-state index in [9.17, 15) is 14.7 Å². The molecule has 1 aliphatic heterocycles. The third-order valence-corrected chi connectivity index (χ3v) is 11.0. The summed E-state index contributed by atoms with van der Waals surface area (Å²) in [6.07, 6.45) is 26.9. The molecule has 0 bridgehead atoms. The van der Waals surface area contributed by atoms with Crippen molar-refractivity contribution in [3.05, 3.63) is 101 Å². The van der Waals surface area contributed by atoms with E-state index in [0.717, 1.165) is 23.0 Å². The quantitative estimate of drug-likeness (QED) is 0.283. The summed E-state index contributed by atoms with van der Waals surface area (Å²) in [5.41, 5.74) is 3.00. The normalized spacial score (nSPS) is 34.3. The van der Waals surface area contributed by atoms with Gasteiger partial charge in [0.25, 0.3) is 5.91 Å². The van der Waals surface area contributed by atoms with Crippen LogP contribution in [0.25, 0.3) is 5.57 Å². The Bertz CT molecular complexity index is 1400. The highest BCUT2D eigenvalue weighted by atomic mass is 32.2. The van der Waals surface area contributed by atoms with E-state index >= 15 is 0 Å². The van der Waals surface area contributed by atoms with Gasteiger partial charge in [0.05, 0.1) is 4.91 Å². The van der Waals surface area contributed by atoms with Crippen LogP contribution in [0.4, 0.5) is 0 Å². The van der Waals surface area contributed by atoms with E-state index in [-0.39, 0.29) is 15.6 Å². The first-order chi connectivity index (χ1) is 19.3. The highest BCUT2D eigenvalue weighted by Gasteiger charge is 2.52. The second kappa shape index (κ2) is 11.1. The van der Waals surface area contributed by atoms with Crippen LogP contribution < -0.4 is 0 Å². The van der Waals surface area contributed by atoms with Gasteiger partial charge < -0.3 is 5.11 Å². The maximum absolute atomic E-state index is 13.3. The number of rotatable bonds is 6. The minimum absolute atomic E-state index is 0.157. The summed E-state index contributed by atoms with van der Waals surface area (Å²) < 4.78 is 0.282. The van der Waals surface area contributed by atoms with Gasteiger partial charge in [0.2, 0.25) is 0 Å². The monoisotopic (exact) mass is 569 g/mol. The van der Waals surface area contributed by atoms with E-state index in [0.29, 0.717) is 22.7 Å². The lowest BCUT2D eigenvalue weighted by Gasteiger charge is -2.52. The first-order valence-electron chi connectivity index (χ1n) is 14.3. The predicted octanol–water partition coefficient (Wildman–Crippen LogP) is 7.59. The van der Waals surface area contributed by atoms with Crippen LogP contribution in [0.3, 0.4) is 0 Å². The second-order valence-electron chi connectivity index (χ2n) is 12.0. The number of carboxylic acids is 1. The fraction of sp³-hybridized carbons (Fsp3) is 0.382. The Morgan fingerprint density at radius 2 is 1.98 bits per heavy atom. The Hall–Kier alpha value is -2.96. The van der Waals surface area contributed by atoms with Crippen molar-refractivity contribution in [2.75, 3.05) is 6.54 Å². The number of carbonyl (C=O) groups excluding carboxylic acids is 1. The fourth-order valence-electron chi connectivity index (χ4n) is 7.75. The first kappa shape index (κ1) is 27.2. The lowest BCUT2D eigenvalue weighted by Crippen LogP contribution is -2.45. The topological polar surface area (TPSA) is 57.6 Å². The molecule has 0 spiro atoms. The van der Waals surface area contributed by atoms with Gasteiger partial charge in [-0.1, -0.05) is 122 Å². The van der Waals surface area contributed by atoms with Gasteiger partial charge in [-0.25, -0.2) is 0 Å².